The van der Waals surface area contributed by atoms with Gasteiger partial charge < -0.3 is 25.0 Å². The summed E-state index contributed by atoms with van der Waals surface area (Å²) >= 11 is 0. The smallest absolute Gasteiger partial charge is 0.411 e. The average molecular weight is 718 g/mol. The van der Waals surface area contributed by atoms with Gasteiger partial charge in [-0.3, -0.25) is 29.2 Å². The Morgan fingerprint density at radius 3 is 2.24 bits per heavy atom. The molecular formula is C34H47N5O10S. The average Bonchev–Trinajstić information content (AvgIpc) is 3.91. The lowest BCUT2D eigenvalue weighted by molar-refractivity contribution is -0.143. The number of hydrogen-bond donors (Lipinski definition) is 4. The summed E-state index contributed by atoms with van der Waals surface area (Å²) in [5, 5.41) is 7.16. The van der Waals surface area contributed by atoms with E-state index in [1.165, 1.54) is 24.0 Å². The largest absolute Gasteiger partial charge is 0.444 e. The zero-order valence-electron chi connectivity index (χ0n) is 29.5. The zero-order chi connectivity index (χ0) is 37.4. The molecule has 5 amide bonds. The van der Waals surface area contributed by atoms with E-state index < -0.39 is 85.8 Å². The molecule has 5 atom stereocenters. The Labute approximate surface area is 292 Å². The first-order chi connectivity index (χ1) is 23.1. The van der Waals surface area contributed by atoms with Gasteiger partial charge in [0.15, 0.2) is 5.78 Å². The predicted octanol–water partition coefficient (Wildman–Crippen LogP) is 3.02. The quantitative estimate of drug-likeness (QED) is 0.194. The van der Waals surface area contributed by atoms with Crippen molar-refractivity contribution < 1.29 is 46.7 Å². The Balaban J connectivity index is 1.59. The number of likely N-dealkylation sites (tertiary alicyclic amines) is 1. The second-order valence-corrected chi connectivity index (χ2v) is 17.1. The molecule has 1 heterocycles. The number of hydrogen-bond acceptors (Lipinski definition) is 10. The van der Waals surface area contributed by atoms with Gasteiger partial charge in [-0.25, -0.2) is 18.0 Å². The second-order valence-electron chi connectivity index (χ2n) is 15.2. The normalized spacial score (nSPS) is 23.9. The van der Waals surface area contributed by atoms with E-state index in [1.54, 1.807) is 59.7 Å². The fraction of sp³-hybridized carbons (Fsp3) is 0.588. The van der Waals surface area contributed by atoms with E-state index in [2.05, 4.69) is 27.3 Å². The Kier molecular flexibility index (Phi) is 10.8. The molecule has 0 spiro atoms. The van der Waals surface area contributed by atoms with Gasteiger partial charge in [0.25, 0.3) is 5.91 Å². The van der Waals surface area contributed by atoms with Crippen molar-refractivity contribution in [2.75, 3.05) is 11.9 Å². The number of nitrogens with one attached hydrogen (secondary N) is 4. The number of ether oxygens (including phenoxy) is 2. The van der Waals surface area contributed by atoms with Gasteiger partial charge in [-0.1, -0.05) is 39.0 Å². The Bertz CT molecular complexity index is 1680. The number of rotatable bonds is 11. The molecule has 0 bridgehead atoms. The van der Waals surface area contributed by atoms with Gasteiger partial charge in [0, 0.05) is 23.6 Å². The first-order valence-corrected chi connectivity index (χ1v) is 18.0. The highest BCUT2D eigenvalue weighted by Gasteiger charge is 2.62. The third kappa shape index (κ3) is 9.20. The molecule has 1 unspecified atom stereocenters. The summed E-state index contributed by atoms with van der Waals surface area (Å²) in [6.45, 7) is 15.0. The van der Waals surface area contributed by atoms with Crippen LogP contribution in [0.3, 0.4) is 0 Å². The van der Waals surface area contributed by atoms with Gasteiger partial charge in [0.1, 0.15) is 29.3 Å². The molecule has 0 aromatic heterocycles. The van der Waals surface area contributed by atoms with Crippen LogP contribution >= 0.6 is 0 Å². The van der Waals surface area contributed by atoms with E-state index in [1.807, 2.05) is 0 Å². The van der Waals surface area contributed by atoms with Gasteiger partial charge in [-0.05, 0) is 64.5 Å². The third-order valence-corrected chi connectivity index (χ3v) is 10.5. The molecule has 274 valence electrons. The van der Waals surface area contributed by atoms with Crippen LogP contribution in [0.4, 0.5) is 15.3 Å². The summed E-state index contributed by atoms with van der Waals surface area (Å²) in [5.41, 5.74) is -2.71. The molecular weight excluding hydrogens is 670 g/mol. The summed E-state index contributed by atoms with van der Waals surface area (Å²) in [7, 11) is -3.93. The molecule has 3 fully saturated rings. The van der Waals surface area contributed by atoms with Gasteiger partial charge in [0.2, 0.25) is 21.8 Å². The molecule has 0 radical (unpaired) electrons. The van der Waals surface area contributed by atoms with Crippen LogP contribution < -0.4 is 20.7 Å². The molecule has 2 aliphatic carbocycles. The number of alkyl carbamates (subject to hydrolysis) is 1. The van der Waals surface area contributed by atoms with E-state index in [9.17, 15) is 37.2 Å². The Morgan fingerprint density at radius 1 is 1.04 bits per heavy atom. The van der Waals surface area contributed by atoms with Crippen LogP contribution in [0.5, 0.6) is 0 Å². The SMILES string of the molecule is C=CC1C[C@]1(NC(=O)[C@@H]1C[C@@H](OC(=O)Nc2cccc(C(C)=O)c2)CN1C(=O)[C@@H](NC(=O)OC(C)(C)C)C(C)(C)C)C(=O)NS(=O)(=O)C1CC1. The molecule has 4 N–H and O–H groups in total. The molecule has 1 aliphatic heterocycles. The molecule has 16 heteroatoms. The molecule has 50 heavy (non-hydrogen) atoms. The van der Waals surface area contributed by atoms with Crippen LogP contribution in [0, 0.1) is 11.3 Å². The van der Waals surface area contributed by atoms with E-state index in [0.717, 1.165) is 0 Å². The van der Waals surface area contributed by atoms with Crippen molar-refractivity contribution in [3.8, 4) is 0 Å². The minimum Gasteiger partial charge on any atom is -0.444 e. The second kappa shape index (κ2) is 14.0. The van der Waals surface area contributed by atoms with E-state index in [4.69, 9.17) is 9.47 Å². The molecule has 15 nitrogen and oxygen atoms in total. The van der Waals surface area contributed by atoms with E-state index in [-0.39, 0.29) is 30.9 Å². The lowest BCUT2D eigenvalue weighted by Gasteiger charge is -2.36. The topological polar surface area (TPSA) is 206 Å². The lowest BCUT2D eigenvalue weighted by Crippen LogP contribution is -2.60. The van der Waals surface area contributed by atoms with Gasteiger partial charge >= 0.3 is 12.2 Å². The van der Waals surface area contributed by atoms with Crippen molar-refractivity contribution in [1.29, 1.82) is 0 Å². The zero-order valence-corrected chi connectivity index (χ0v) is 30.3. The van der Waals surface area contributed by atoms with Gasteiger partial charge in [-0.15, -0.1) is 6.58 Å². The van der Waals surface area contributed by atoms with Crippen LogP contribution in [-0.2, 0) is 33.9 Å². The fourth-order valence-corrected chi connectivity index (χ4v) is 7.11. The minimum absolute atomic E-state index is 0.0847. The highest BCUT2D eigenvalue weighted by Crippen LogP contribution is 2.45. The van der Waals surface area contributed by atoms with Gasteiger partial charge in [-0.2, -0.15) is 0 Å². The summed E-state index contributed by atoms with van der Waals surface area (Å²) < 4.78 is 38.3. The number of ketones is 1. The highest BCUT2D eigenvalue weighted by molar-refractivity contribution is 7.91. The van der Waals surface area contributed by atoms with Gasteiger partial charge in [0.05, 0.1) is 11.8 Å². The monoisotopic (exact) mass is 717 g/mol. The molecule has 1 aromatic rings. The standard InChI is InChI=1S/C34H47N5O10S/c1-9-21-17-34(21,29(43)38-50(46,47)24-13-14-24)37-27(41)25-16-23(48-30(44)35-22-12-10-11-20(15-22)19(2)40)18-39(25)28(42)26(32(3,4)5)36-31(45)49-33(6,7)8/h9-12,15,21,23-26H,1,13-14,16-18H2,2-8H3,(H,35,44)(H,36,45)(H,37,41)(H,38,43)/t21?,23-,25+,26-,34-/m1/s1. The van der Waals surface area contributed by atoms with Crippen molar-refractivity contribution in [2.45, 2.75) is 109 Å². The molecule has 2 saturated carbocycles. The van der Waals surface area contributed by atoms with E-state index in [0.29, 0.717) is 18.4 Å². The maximum atomic E-state index is 14.2. The number of benzene rings is 1. The molecule has 1 aromatic carbocycles. The maximum absolute atomic E-state index is 14.2. The first-order valence-electron chi connectivity index (χ1n) is 16.5. The summed E-state index contributed by atoms with van der Waals surface area (Å²) in [6.07, 6.45) is -0.574. The van der Waals surface area contributed by atoms with Crippen molar-refractivity contribution >= 4 is 51.4 Å². The van der Waals surface area contributed by atoms with Crippen molar-refractivity contribution in [1.82, 2.24) is 20.3 Å². The van der Waals surface area contributed by atoms with Crippen molar-refractivity contribution in [3.63, 3.8) is 0 Å². The molecule has 1 saturated heterocycles. The lowest BCUT2D eigenvalue weighted by atomic mass is 9.85. The third-order valence-electron chi connectivity index (χ3n) is 8.66. The van der Waals surface area contributed by atoms with Crippen LogP contribution in [0.2, 0.25) is 0 Å². The molecule has 3 aliphatic rings. The van der Waals surface area contributed by atoms with Crippen LogP contribution in [-0.4, -0.2) is 90.1 Å². The summed E-state index contributed by atoms with van der Waals surface area (Å²) in [4.78, 5) is 80.4. The number of Topliss-reactive ketones (excluding diaryl/α,β-unsaturated/α-hetero) is 1. The fourth-order valence-electron chi connectivity index (χ4n) is 5.75. The maximum Gasteiger partial charge on any atom is 0.411 e. The van der Waals surface area contributed by atoms with Crippen LogP contribution in [0.25, 0.3) is 0 Å². The molecule has 4 rings (SSSR count). The Morgan fingerprint density at radius 2 is 1.70 bits per heavy atom. The van der Waals surface area contributed by atoms with Crippen LogP contribution in [0.15, 0.2) is 36.9 Å². The highest BCUT2D eigenvalue weighted by atomic mass is 32.2. The number of sulfonamides is 1. The number of amides is 5. The number of carbonyl (C=O) groups is 6. The first kappa shape index (κ1) is 38.3. The van der Waals surface area contributed by atoms with Crippen molar-refractivity contribution in [3.05, 3.63) is 42.5 Å². The van der Waals surface area contributed by atoms with Crippen LogP contribution in [0.1, 0.15) is 84.5 Å². The Hall–Kier alpha value is -4.47. The predicted molar refractivity (Wildman–Crippen MR) is 182 cm³/mol. The summed E-state index contributed by atoms with van der Waals surface area (Å²) in [6, 6.07) is 3.72. The summed E-state index contributed by atoms with van der Waals surface area (Å²) in [5.74, 6) is -3.15. The minimum atomic E-state index is -3.93. The number of nitrogens with zero attached hydrogens (tertiary/aromatic N) is 1. The number of carbonyl (C=O) groups excluding carboxylic acids is 6. The number of anilines is 1. The van der Waals surface area contributed by atoms with E-state index >= 15 is 0 Å². The van der Waals surface area contributed by atoms with Crippen molar-refractivity contribution in [2.24, 2.45) is 11.3 Å².